The van der Waals surface area contributed by atoms with E-state index in [2.05, 4.69) is 64.2 Å². The zero-order valence-electron chi connectivity index (χ0n) is 16.6. The third kappa shape index (κ3) is 5.76. The van der Waals surface area contributed by atoms with Gasteiger partial charge < -0.3 is 11.1 Å². The number of primary amides is 1. The van der Waals surface area contributed by atoms with E-state index in [0.29, 0.717) is 17.8 Å². The minimum Gasteiger partial charge on any atom is -0.352 e. The van der Waals surface area contributed by atoms with E-state index in [4.69, 9.17) is 5.73 Å². The molecule has 140 valence electrons. The molecule has 2 rings (SSSR count). The Morgan fingerprint density at radius 1 is 1.32 bits per heavy atom. The first-order valence-electron chi connectivity index (χ1n) is 9.85. The molecule has 1 atom stereocenters. The van der Waals surface area contributed by atoms with Crippen molar-refractivity contribution in [1.82, 2.24) is 5.32 Å². The maximum Gasteiger partial charge on any atom is 0.312 e. The summed E-state index contributed by atoms with van der Waals surface area (Å²) in [7, 11) is 0. The maximum absolute atomic E-state index is 10.9. The lowest BCUT2D eigenvalue weighted by Crippen LogP contribution is -2.47. The number of rotatable bonds is 8. The highest BCUT2D eigenvalue weighted by atomic mass is 16.2. The van der Waals surface area contributed by atoms with Crippen LogP contribution in [0.3, 0.4) is 0 Å². The van der Waals surface area contributed by atoms with Gasteiger partial charge in [0.2, 0.25) is 0 Å². The lowest BCUT2D eigenvalue weighted by molar-refractivity contribution is 0.151. The molecular formula is C22H36N2O. The molecule has 0 saturated heterocycles. The number of hydrogen-bond acceptors (Lipinski definition) is 1. The molecule has 0 aromatic heterocycles. The van der Waals surface area contributed by atoms with Crippen molar-refractivity contribution in [2.75, 3.05) is 0 Å². The van der Waals surface area contributed by atoms with Gasteiger partial charge in [0.1, 0.15) is 0 Å². The molecule has 1 aliphatic carbocycles. The predicted molar refractivity (Wildman–Crippen MR) is 106 cm³/mol. The van der Waals surface area contributed by atoms with Crippen LogP contribution >= 0.6 is 0 Å². The van der Waals surface area contributed by atoms with Gasteiger partial charge >= 0.3 is 6.03 Å². The Labute approximate surface area is 153 Å². The normalized spacial score (nSPS) is 21.7. The van der Waals surface area contributed by atoms with Crippen LogP contribution in [0.5, 0.6) is 0 Å². The summed E-state index contributed by atoms with van der Waals surface area (Å²) in [4.78, 5) is 10.9. The largest absolute Gasteiger partial charge is 0.352 e. The average Bonchev–Trinajstić information content (AvgIpc) is 2.44. The molecule has 0 spiro atoms. The van der Waals surface area contributed by atoms with Crippen LogP contribution in [-0.2, 0) is 6.42 Å². The molecule has 1 saturated carbocycles. The summed E-state index contributed by atoms with van der Waals surface area (Å²) in [6, 6.07) is 9.11. The highest BCUT2D eigenvalue weighted by Gasteiger charge is 2.34. The SMILES string of the molecule is CCC(c1cccc(CC(C)(C)C[C@H]2C[C@@H](NC(N)=O)C2)c1)C(C)C. The van der Waals surface area contributed by atoms with Crippen LogP contribution in [0.2, 0.25) is 0 Å². The smallest absolute Gasteiger partial charge is 0.312 e. The van der Waals surface area contributed by atoms with Crippen molar-refractivity contribution in [3.05, 3.63) is 35.4 Å². The summed E-state index contributed by atoms with van der Waals surface area (Å²) in [6.07, 6.45) is 5.64. The van der Waals surface area contributed by atoms with Crippen molar-refractivity contribution in [3.63, 3.8) is 0 Å². The number of nitrogens with two attached hydrogens (primary N) is 1. The van der Waals surface area contributed by atoms with E-state index in [-0.39, 0.29) is 11.5 Å². The maximum atomic E-state index is 10.9. The highest BCUT2D eigenvalue weighted by Crippen LogP contribution is 2.39. The van der Waals surface area contributed by atoms with Crippen molar-refractivity contribution in [2.45, 2.75) is 78.7 Å². The topological polar surface area (TPSA) is 55.1 Å². The Balaban J connectivity index is 1.93. The van der Waals surface area contributed by atoms with Crippen LogP contribution in [0.1, 0.15) is 77.3 Å². The molecule has 1 unspecified atom stereocenters. The molecule has 3 nitrogen and oxygen atoms in total. The molecule has 2 amide bonds. The number of nitrogens with one attached hydrogen (secondary N) is 1. The second-order valence-corrected chi connectivity index (χ2v) is 9.09. The number of carbonyl (C=O) groups excluding carboxylic acids is 1. The summed E-state index contributed by atoms with van der Waals surface area (Å²) in [6.45, 7) is 11.7. The van der Waals surface area contributed by atoms with Gasteiger partial charge in [-0.05, 0) is 66.4 Å². The van der Waals surface area contributed by atoms with Gasteiger partial charge in [-0.2, -0.15) is 0 Å². The minimum absolute atomic E-state index is 0.278. The Bertz CT molecular complexity index is 573. The molecule has 1 aromatic rings. The third-order valence-electron chi connectivity index (χ3n) is 5.73. The Kier molecular flexibility index (Phi) is 6.53. The molecule has 25 heavy (non-hydrogen) atoms. The van der Waals surface area contributed by atoms with E-state index in [1.165, 1.54) is 24.0 Å². The number of hydrogen-bond donors (Lipinski definition) is 2. The van der Waals surface area contributed by atoms with Gasteiger partial charge in [0.25, 0.3) is 0 Å². The zero-order chi connectivity index (χ0) is 18.6. The molecule has 1 aromatic carbocycles. The average molecular weight is 345 g/mol. The summed E-state index contributed by atoms with van der Waals surface area (Å²) in [5, 5.41) is 2.82. The van der Waals surface area contributed by atoms with Gasteiger partial charge in [-0.3, -0.25) is 0 Å². The minimum atomic E-state index is -0.393. The second-order valence-electron chi connectivity index (χ2n) is 9.09. The predicted octanol–water partition coefficient (Wildman–Crippen LogP) is 5.24. The van der Waals surface area contributed by atoms with Crippen LogP contribution in [-0.4, -0.2) is 12.1 Å². The first-order chi connectivity index (χ1) is 11.7. The molecule has 0 heterocycles. The zero-order valence-corrected chi connectivity index (χ0v) is 16.6. The number of amides is 2. The summed E-state index contributed by atoms with van der Waals surface area (Å²) in [5.41, 5.74) is 8.41. The number of urea groups is 1. The van der Waals surface area contributed by atoms with Crippen molar-refractivity contribution >= 4 is 6.03 Å². The van der Waals surface area contributed by atoms with Crippen LogP contribution in [0.4, 0.5) is 4.79 Å². The van der Waals surface area contributed by atoms with E-state index in [0.717, 1.165) is 19.3 Å². The molecule has 3 N–H and O–H groups in total. The Morgan fingerprint density at radius 2 is 2.00 bits per heavy atom. The number of benzene rings is 1. The first-order valence-corrected chi connectivity index (χ1v) is 9.85. The molecule has 0 radical (unpaired) electrons. The Hall–Kier alpha value is -1.51. The molecule has 1 fully saturated rings. The fraction of sp³-hybridized carbons (Fsp3) is 0.682. The second kappa shape index (κ2) is 8.25. The van der Waals surface area contributed by atoms with Crippen LogP contribution in [0.25, 0.3) is 0 Å². The summed E-state index contributed by atoms with van der Waals surface area (Å²) in [5.74, 6) is 2.03. The van der Waals surface area contributed by atoms with Crippen LogP contribution in [0.15, 0.2) is 24.3 Å². The standard InChI is InChI=1S/C22H36N2O/c1-6-20(15(2)3)18-9-7-8-16(10-18)13-22(4,5)14-17-11-19(12-17)24-21(23)25/h7-10,15,17,19-20H,6,11-14H2,1-5H3,(H3,23,24,25)/t17-,19+,20?. The van der Waals surface area contributed by atoms with Gasteiger partial charge in [-0.1, -0.05) is 58.9 Å². The quantitative estimate of drug-likeness (QED) is 0.665. The summed E-state index contributed by atoms with van der Waals surface area (Å²) < 4.78 is 0. The lowest BCUT2D eigenvalue weighted by atomic mass is 9.69. The van der Waals surface area contributed by atoms with E-state index in [1.807, 2.05) is 0 Å². The lowest BCUT2D eigenvalue weighted by Gasteiger charge is -2.40. The van der Waals surface area contributed by atoms with E-state index < -0.39 is 6.03 Å². The van der Waals surface area contributed by atoms with E-state index >= 15 is 0 Å². The van der Waals surface area contributed by atoms with Crippen molar-refractivity contribution in [2.24, 2.45) is 23.0 Å². The highest BCUT2D eigenvalue weighted by molar-refractivity contribution is 5.72. The van der Waals surface area contributed by atoms with Crippen molar-refractivity contribution in [1.29, 1.82) is 0 Å². The van der Waals surface area contributed by atoms with Gasteiger partial charge in [0.15, 0.2) is 0 Å². The number of carbonyl (C=O) groups is 1. The fourth-order valence-corrected chi connectivity index (χ4v) is 4.65. The Morgan fingerprint density at radius 3 is 2.56 bits per heavy atom. The van der Waals surface area contributed by atoms with Gasteiger partial charge in [-0.15, -0.1) is 0 Å². The molecule has 3 heteroatoms. The van der Waals surface area contributed by atoms with Gasteiger partial charge in [-0.25, -0.2) is 4.79 Å². The monoisotopic (exact) mass is 344 g/mol. The van der Waals surface area contributed by atoms with E-state index in [9.17, 15) is 4.79 Å². The molecule has 1 aliphatic rings. The van der Waals surface area contributed by atoms with Crippen LogP contribution in [0, 0.1) is 17.3 Å². The van der Waals surface area contributed by atoms with Crippen molar-refractivity contribution in [3.8, 4) is 0 Å². The van der Waals surface area contributed by atoms with Gasteiger partial charge in [0, 0.05) is 6.04 Å². The third-order valence-corrected chi connectivity index (χ3v) is 5.73. The first kappa shape index (κ1) is 19.8. The molecule has 0 bridgehead atoms. The van der Waals surface area contributed by atoms with Crippen molar-refractivity contribution < 1.29 is 4.79 Å². The van der Waals surface area contributed by atoms with Gasteiger partial charge in [0.05, 0.1) is 0 Å². The molecular weight excluding hydrogens is 308 g/mol. The summed E-state index contributed by atoms with van der Waals surface area (Å²) >= 11 is 0. The fourth-order valence-electron chi connectivity index (χ4n) is 4.65. The van der Waals surface area contributed by atoms with Crippen LogP contribution < -0.4 is 11.1 Å². The van der Waals surface area contributed by atoms with E-state index in [1.54, 1.807) is 0 Å². The molecule has 0 aliphatic heterocycles.